The van der Waals surface area contributed by atoms with Crippen LogP contribution >= 0.6 is 0 Å². The zero-order valence-electron chi connectivity index (χ0n) is 21.6. The Bertz CT molecular complexity index is 1070. The predicted molar refractivity (Wildman–Crippen MR) is 140 cm³/mol. The molecule has 2 saturated heterocycles. The van der Waals surface area contributed by atoms with Crippen LogP contribution in [-0.4, -0.2) is 62.7 Å². The van der Waals surface area contributed by atoms with Gasteiger partial charge in [0.25, 0.3) is 0 Å². The lowest BCUT2D eigenvalue weighted by Gasteiger charge is -2.34. The van der Waals surface area contributed by atoms with Gasteiger partial charge in [-0.05, 0) is 62.1 Å². The second-order valence-electron chi connectivity index (χ2n) is 10.4. The Morgan fingerprint density at radius 1 is 1.05 bits per heavy atom. The van der Waals surface area contributed by atoms with Crippen molar-refractivity contribution >= 4 is 17.3 Å². The molecule has 3 fully saturated rings. The number of carboxylic acids is 1. The van der Waals surface area contributed by atoms with Gasteiger partial charge in [0.15, 0.2) is 0 Å². The first kappa shape index (κ1) is 25.6. The Morgan fingerprint density at radius 2 is 1.76 bits per heavy atom. The van der Waals surface area contributed by atoms with Crippen molar-refractivity contribution in [1.82, 2.24) is 0 Å². The summed E-state index contributed by atoms with van der Waals surface area (Å²) in [5, 5.41) is 9.57. The fourth-order valence-corrected chi connectivity index (χ4v) is 6.07. The molecule has 0 bridgehead atoms. The largest absolute Gasteiger partial charge is 0.494 e. The minimum Gasteiger partial charge on any atom is -0.494 e. The van der Waals surface area contributed by atoms with Crippen molar-refractivity contribution in [3.63, 3.8) is 0 Å². The van der Waals surface area contributed by atoms with Crippen LogP contribution in [0.3, 0.4) is 0 Å². The topological polar surface area (TPSA) is 71.5 Å². The van der Waals surface area contributed by atoms with Crippen molar-refractivity contribution < 1.29 is 28.5 Å². The molecule has 1 unspecified atom stereocenters. The van der Waals surface area contributed by atoms with Crippen molar-refractivity contribution in [3.8, 4) is 11.5 Å². The van der Waals surface area contributed by atoms with E-state index < -0.39 is 5.97 Å². The lowest BCUT2D eigenvalue weighted by molar-refractivity contribution is -0.137. The molecule has 8 heteroatoms. The van der Waals surface area contributed by atoms with Crippen molar-refractivity contribution in [3.05, 3.63) is 48.3 Å². The second kappa shape index (κ2) is 11.2. The molecule has 5 rings (SSSR count). The highest BCUT2D eigenvalue weighted by molar-refractivity contribution is 5.69. The van der Waals surface area contributed by atoms with Crippen LogP contribution < -0.4 is 19.3 Å². The van der Waals surface area contributed by atoms with Crippen LogP contribution in [0.15, 0.2) is 42.5 Å². The minimum atomic E-state index is -0.770. The summed E-state index contributed by atoms with van der Waals surface area (Å²) in [6, 6.07) is 12.8. The maximum atomic E-state index is 14.4. The number of halogens is 1. The summed E-state index contributed by atoms with van der Waals surface area (Å²) in [4.78, 5) is 15.9. The Labute approximate surface area is 218 Å². The van der Waals surface area contributed by atoms with E-state index in [0.717, 1.165) is 37.1 Å². The van der Waals surface area contributed by atoms with Crippen LogP contribution in [0.4, 0.5) is 15.8 Å². The Hall–Kier alpha value is -3.00. The Morgan fingerprint density at radius 3 is 2.38 bits per heavy atom. The number of hydrogen-bond donors (Lipinski definition) is 1. The third-order valence-electron chi connectivity index (χ3n) is 7.99. The van der Waals surface area contributed by atoms with Gasteiger partial charge in [0.1, 0.15) is 23.4 Å². The van der Waals surface area contributed by atoms with E-state index in [1.165, 1.54) is 6.07 Å². The monoisotopic (exact) mass is 512 g/mol. The molecule has 200 valence electrons. The van der Waals surface area contributed by atoms with Gasteiger partial charge in [-0.3, -0.25) is 4.79 Å². The summed E-state index contributed by atoms with van der Waals surface area (Å²) in [6.45, 7) is 4.59. The minimum absolute atomic E-state index is 0.0528. The van der Waals surface area contributed by atoms with Crippen molar-refractivity contribution in [2.75, 3.05) is 43.2 Å². The summed E-state index contributed by atoms with van der Waals surface area (Å²) in [5.74, 6) is 1.28. The number of carbonyl (C=O) groups is 1. The van der Waals surface area contributed by atoms with E-state index in [9.17, 15) is 14.3 Å². The highest BCUT2D eigenvalue weighted by atomic mass is 19.1. The smallest absolute Gasteiger partial charge is 0.305 e. The third-order valence-corrected chi connectivity index (χ3v) is 7.99. The van der Waals surface area contributed by atoms with Crippen molar-refractivity contribution in [2.45, 2.75) is 57.3 Å². The third kappa shape index (κ3) is 5.79. The zero-order valence-corrected chi connectivity index (χ0v) is 21.6. The molecule has 7 nitrogen and oxygen atoms in total. The molecule has 3 atom stereocenters. The molecule has 1 aliphatic carbocycles. The Balaban J connectivity index is 1.20. The second-order valence-corrected chi connectivity index (χ2v) is 10.4. The molecule has 0 amide bonds. The van der Waals surface area contributed by atoms with Gasteiger partial charge in [-0.2, -0.15) is 0 Å². The van der Waals surface area contributed by atoms with Gasteiger partial charge in [-0.1, -0.05) is 0 Å². The molecule has 2 aromatic rings. The molecule has 0 radical (unpaired) electrons. The average molecular weight is 513 g/mol. The van der Waals surface area contributed by atoms with Crippen LogP contribution in [0.2, 0.25) is 0 Å². The maximum absolute atomic E-state index is 14.4. The number of piperidine rings is 1. The quantitative estimate of drug-likeness (QED) is 0.482. The molecule has 1 N–H and O–H groups in total. The summed E-state index contributed by atoms with van der Waals surface area (Å²) in [5.41, 5.74) is 1.58. The number of benzene rings is 2. The number of anilines is 2. The van der Waals surface area contributed by atoms with E-state index in [-0.39, 0.29) is 36.4 Å². The molecule has 2 aliphatic heterocycles. The SMILES string of the molecule is CCOc1ccc(F)c(N2CCC(Oc3ccc(N4C[C@H](OC)C(C5CC5)[C@@H]4CC(=O)O)cc3)CC2)c1. The fourth-order valence-electron chi connectivity index (χ4n) is 6.07. The van der Waals surface area contributed by atoms with E-state index in [0.29, 0.717) is 43.6 Å². The van der Waals surface area contributed by atoms with Crippen LogP contribution in [0, 0.1) is 17.7 Å². The van der Waals surface area contributed by atoms with Gasteiger partial charge in [0.05, 0.1) is 24.8 Å². The molecule has 2 aromatic carbocycles. The van der Waals surface area contributed by atoms with Crippen LogP contribution in [0.1, 0.15) is 39.0 Å². The maximum Gasteiger partial charge on any atom is 0.305 e. The van der Waals surface area contributed by atoms with E-state index in [4.69, 9.17) is 14.2 Å². The first-order valence-electron chi connectivity index (χ1n) is 13.4. The first-order chi connectivity index (χ1) is 18.0. The van der Waals surface area contributed by atoms with Crippen LogP contribution in [0.25, 0.3) is 0 Å². The van der Waals surface area contributed by atoms with Gasteiger partial charge < -0.3 is 29.1 Å². The molecule has 0 spiro atoms. The first-order valence-corrected chi connectivity index (χ1v) is 13.4. The van der Waals surface area contributed by atoms with Gasteiger partial charge >= 0.3 is 5.97 Å². The molecule has 37 heavy (non-hydrogen) atoms. The standard InChI is InChI=1S/C29H37FN2O5/c1-3-36-23-10-11-24(30)25(16-23)31-14-12-22(13-15-31)37-21-8-6-20(7-9-21)32-18-27(35-2)29(19-4-5-19)26(32)17-28(33)34/h6-11,16,19,22,26-27,29H,3-5,12-15,17-18H2,1-2H3,(H,33,34)/t26-,27-,29?/m0/s1. The summed E-state index contributed by atoms with van der Waals surface area (Å²) in [7, 11) is 1.73. The summed E-state index contributed by atoms with van der Waals surface area (Å²) < 4.78 is 32.0. The van der Waals surface area contributed by atoms with E-state index in [2.05, 4.69) is 9.80 Å². The van der Waals surface area contributed by atoms with Gasteiger partial charge in [-0.25, -0.2) is 4.39 Å². The lowest BCUT2D eigenvalue weighted by Crippen LogP contribution is -2.38. The Kier molecular flexibility index (Phi) is 7.74. The van der Waals surface area contributed by atoms with E-state index in [1.54, 1.807) is 19.2 Å². The van der Waals surface area contributed by atoms with E-state index in [1.807, 2.05) is 31.2 Å². The predicted octanol–water partition coefficient (Wildman–Crippen LogP) is 4.98. The van der Waals surface area contributed by atoms with Crippen molar-refractivity contribution in [1.29, 1.82) is 0 Å². The van der Waals surface area contributed by atoms with Crippen molar-refractivity contribution in [2.24, 2.45) is 11.8 Å². The number of aliphatic carboxylic acids is 1. The highest BCUT2D eigenvalue weighted by Gasteiger charge is 2.50. The molecule has 1 saturated carbocycles. The number of carboxylic acid groups (broad SMARTS) is 1. The van der Waals surface area contributed by atoms with E-state index >= 15 is 0 Å². The van der Waals surface area contributed by atoms with Gasteiger partial charge in [-0.15, -0.1) is 0 Å². The number of nitrogens with zero attached hydrogens (tertiary/aromatic N) is 2. The normalized spacial score (nSPS) is 24.4. The fraction of sp³-hybridized carbons (Fsp3) is 0.552. The molecule has 2 heterocycles. The molecule has 0 aromatic heterocycles. The number of rotatable bonds is 10. The zero-order chi connectivity index (χ0) is 25.9. The summed E-state index contributed by atoms with van der Waals surface area (Å²) in [6.07, 6.45) is 4.14. The van der Waals surface area contributed by atoms with Crippen LogP contribution in [-0.2, 0) is 9.53 Å². The molecular formula is C29H37FN2O5. The number of methoxy groups -OCH3 is 1. The molecule has 3 aliphatic rings. The highest BCUT2D eigenvalue weighted by Crippen LogP contribution is 2.47. The summed E-state index contributed by atoms with van der Waals surface area (Å²) >= 11 is 0. The number of hydrogen-bond acceptors (Lipinski definition) is 6. The van der Waals surface area contributed by atoms with Gasteiger partial charge in [0, 0.05) is 63.3 Å². The van der Waals surface area contributed by atoms with Gasteiger partial charge in [0.2, 0.25) is 0 Å². The number of ether oxygens (including phenoxy) is 3. The lowest BCUT2D eigenvalue weighted by atomic mass is 9.90. The molecular weight excluding hydrogens is 475 g/mol. The average Bonchev–Trinajstić information content (AvgIpc) is 3.67. The van der Waals surface area contributed by atoms with Crippen LogP contribution in [0.5, 0.6) is 11.5 Å².